The molecule has 7 nitrogen and oxygen atoms in total. The van der Waals surface area contributed by atoms with Gasteiger partial charge in [0.05, 0.1) is 42.4 Å². The third-order valence-corrected chi connectivity index (χ3v) is 5.40. The van der Waals surface area contributed by atoms with Crippen molar-refractivity contribution in [2.45, 2.75) is 45.9 Å². The van der Waals surface area contributed by atoms with Gasteiger partial charge in [-0.2, -0.15) is 5.10 Å². The molecular formula is C27H37N3O4. The lowest BCUT2D eigenvalue weighted by atomic mass is 10.1. The van der Waals surface area contributed by atoms with E-state index < -0.39 is 6.10 Å². The molecule has 34 heavy (non-hydrogen) atoms. The number of methoxy groups -OCH3 is 1. The molecule has 184 valence electrons. The summed E-state index contributed by atoms with van der Waals surface area (Å²) in [5.41, 5.74) is 2.90. The Labute approximate surface area is 202 Å². The van der Waals surface area contributed by atoms with Crippen LogP contribution < -0.4 is 4.74 Å². The predicted octanol–water partition coefficient (Wildman–Crippen LogP) is 4.46. The minimum absolute atomic E-state index is 0.0729. The number of para-hydroxylation sites is 2. The van der Waals surface area contributed by atoms with E-state index in [-0.39, 0.29) is 6.10 Å². The fraction of sp³-hybridized carbons (Fsp3) is 0.444. The SMILES string of the molecule is CCc1nn(-c2ccccc2)c(Oc2ccccc2)c1CN(CCOC)C[C@@H](O)COC(C)C. The van der Waals surface area contributed by atoms with Gasteiger partial charge in [-0.1, -0.05) is 43.3 Å². The van der Waals surface area contributed by atoms with Crippen LogP contribution >= 0.6 is 0 Å². The molecule has 2 aromatic carbocycles. The molecule has 0 unspecified atom stereocenters. The molecule has 0 aliphatic heterocycles. The molecule has 1 aromatic heterocycles. The van der Waals surface area contributed by atoms with Crippen LogP contribution in [0.3, 0.4) is 0 Å². The number of nitrogens with zero attached hydrogens (tertiary/aromatic N) is 3. The minimum atomic E-state index is -0.605. The molecule has 0 fully saturated rings. The molecule has 0 aliphatic carbocycles. The third kappa shape index (κ3) is 7.40. The fourth-order valence-electron chi connectivity index (χ4n) is 3.70. The summed E-state index contributed by atoms with van der Waals surface area (Å²) < 4.78 is 19.3. The molecule has 1 heterocycles. The zero-order valence-corrected chi connectivity index (χ0v) is 20.7. The third-order valence-electron chi connectivity index (χ3n) is 5.40. The van der Waals surface area contributed by atoms with Crippen molar-refractivity contribution < 1.29 is 19.3 Å². The Hall–Kier alpha value is -2.71. The van der Waals surface area contributed by atoms with E-state index in [9.17, 15) is 5.11 Å². The molecule has 0 spiro atoms. The second-order valence-corrected chi connectivity index (χ2v) is 8.51. The van der Waals surface area contributed by atoms with Crippen LogP contribution in [0.15, 0.2) is 60.7 Å². The summed E-state index contributed by atoms with van der Waals surface area (Å²) in [6.45, 7) is 8.57. The largest absolute Gasteiger partial charge is 0.439 e. The Morgan fingerprint density at radius 2 is 1.71 bits per heavy atom. The molecule has 0 aliphatic rings. The van der Waals surface area contributed by atoms with Gasteiger partial charge in [0.2, 0.25) is 5.88 Å². The second kappa shape index (κ2) is 13.2. The number of aromatic nitrogens is 2. The molecule has 0 radical (unpaired) electrons. The molecular weight excluding hydrogens is 430 g/mol. The van der Waals surface area contributed by atoms with E-state index in [4.69, 9.17) is 19.3 Å². The topological polar surface area (TPSA) is 69.0 Å². The van der Waals surface area contributed by atoms with E-state index in [1.807, 2.05) is 79.2 Å². The van der Waals surface area contributed by atoms with Crippen molar-refractivity contribution in [1.29, 1.82) is 0 Å². The van der Waals surface area contributed by atoms with Crippen LogP contribution in [0.4, 0.5) is 0 Å². The first kappa shape index (κ1) is 25.9. The standard InChI is InChI=1S/C27H37N3O4/c1-5-26-25(19-29(16-17-32-4)18-23(31)20-33-21(2)3)27(34-24-14-10-7-11-15-24)30(28-26)22-12-8-6-9-13-22/h6-15,21,23,31H,5,16-20H2,1-4H3/t23-/m1/s1. The summed E-state index contributed by atoms with van der Waals surface area (Å²) in [7, 11) is 1.69. The Morgan fingerprint density at radius 1 is 1.03 bits per heavy atom. The highest BCUT2D eigenvalue weighted by molar-refractivity contribution is 5.43. The van der Waals surface area contributed by atoms with Crippen LogP contribution in [0.5, 0.6) is 11.6 Å². The smallest absolute Gasteiger partial charge is 0.227 e. The van der Waals surface area contributed by atoms with Crippen LogP contribution in [0, 0.1) is 0 Å². The average Bonchev–Trinajstić information content (AvgIpc) is 3.19. The maximum Gasteiger partial charge on any atom is 0.227 e. The summed E-state index contributed by atoms with van der Waals surface area (Å²) >= 11 is 0. The molecule has 0 bridgehead atoms. The zero-order chi connectivity index (χ0) is 24.3. The lowest BCUT2D eigenvalue weighted by Gasteiger charge is -2.25. The lowest BCUT2D eigenvalue weighted by Crippen LogP contribution is -2.37. The number of benzene rings is 2. The highest BCUT2D eigenvalue weighted by Crippen LogP contribution is 2.32. The van der Waals surface area contributed by atoms with Gasteiger partial charge >= 0.3 is 0 Å². The number of aliphatic hydroxyl groups excluding tert-OH is 1. The van der Waals surface area contributed by atoms with E-state index in [2.05, 4.69) is 11.8 Å². The monoisotopic (exact) mass is 467 g/mol. The highest BCUT2D eigenvalue weighted by Gasteiger charge is 2.23. The highest BCUT2D eigenvalue weighted by atomic mass is 16.5. The van der Waals surface area contributed by atoms with Crippen LogP contribution in [0.2, 0.25) is 0 Å². The van der Waals surface area contributed by atoms with Crippen LogP contribution in [-0.4, -0.2) is 65.4 Å². The van der Waals surface area contributed by atoms with Gasteiger partial charge in [0.15, 0.2) is 0 Å². The second-order valence-electron chi connectivity index (χ2n) is 8.51. The molecule has 7 heteroatoms. The maximum atomic E-state index is 10.6. The van der Waals surface area contributed by atoms with Gasteiger partial charge < -0.3 is 19.3 Å². The first-order valence-electron chi connectivity index (χ1n) is 11.9. The molecule has 1 N–H and O–H groups in total. The van der Waals surface area contributed by atoms with Crippen molar-refractivity contribution in [2.24, 2.45) is 0 Å². The number of ether oxygens (including phenoxy) is 3. The number of hydrogen-bond donors (Lipinski definition) is 1. The minimum Gasteiger partial charge on any atom is -0.439 e. The summed E-state index contributed by atoms with van der Waals surface area (Å²) in [4.78, 5) is 2.17. The van der Waals surface area contributed by atoms with Crippen LogP contribution in [-0.2, 0) is 22.4 Å². The zero-order valence-electron chi connectivity index (χ0n) is 20.7. The van der Waals surface area contributed by atoms with Crippen molar-refractivity contribution >= 4 is 0 Å². The summed E-state index contributed by atoms with van der Waals surface area (Å²) in [6.07, 6.45) is 0.230. The Bertz CT molecular complexity index is 976. The van der Waals surface area contributed by atoms with E-state index in [1.54, 1.807) is 7.11 Å². The van der Waals surface area contributed by atoms with Gasteiger partial charge in [0.1, 0.15) is 5.75 Å². The van der Waals surface area contributed by atoms with E-state index in [1.165, 1.54) is 0 Å². The molecule has 1 atom stereocenters. The molecule has 0 saturated heterocycles. The summed E-state index contributed by atoms with van der Waals surface area (Å²) in [6, 6.07) is 19.7. The van der Waals surface area contributed by atoms with Gasteiger partial charge in [-0.15, -0.1) is 0 Å². The number of aliphatic hydroxyl groups is 1. The number of hydrogen-bond acceptors (Lipinski definition) is 6. The van der Waals surface area contributed by atoms with Gasteiger partial charge in [0, 0.05) is 26.7 Å². The number of aryl methyl sites for hydroxylation is 1. The van der Waals surface area contributed by atoms with Gasteiger partial charge in [0.25, 0.3) is 0 Å². The predicted molar refractivity (Wildman–Crippen MR) is 134 cm³/mol. The lowest BCUT2D eigenvalue weighted by molar-refractivity contribution is -0.0122. The van der Waals surface area contributed by atoms with E-state index in [0.717, 1.165) is 29.1 Å². The van der Waals surface area contributed by atoms with Crippen molar-refractivity contribution in [3.05, 3.63) is 71.9 Å². The van der Waals surface area contributed by atoms with Crippen LogP contribution in [0.1, 0.15) is 32.0 Å². The first-order chi connectivity index (χ1) is 16.5. The fourth-order valence-corrected chi connectivity index (χ4v) is 3.70. The Morgan fingerprint density at radius 3 is 2.32 bits per heavy atom. The normalized spacial score (nSPS) is 12.4. The van der Waals surface area contributed by atoms with Crippen molar-refractivity contribution in [3.8, 4) is 17.3 Å². The van der Waals surface area contributed by atoms with Gasteiger partial charge in [-0.25, -0.2) is 4.68 Å². The van der Waals surface area contributed by atoms with Crippen LogP contribution in [0.25, 0.3) is 5.69 Å². The number of rotatable bonds is 14. The van der Waals surface area contributed by atoms with Gasteiger partial charge in [-0.3, -0.25) is 4.90 Å². The average molecular weight is 468 g/mol. The first-order valence-corrected chi connectivity index (χ1v) is 11.9. The summed E-state index contributed by atoms with van der Waals surface area (Å²) in [5.74, 6) is 1.43. The molecule has 3 rings (SSSR count). The molecule has 0 amide bonds. The quantitative estimate of drug-likeness (QED) is 0.378. The van der Waals surface area contributed by atoms with Gasteiger partial charge in [-0.05, 0) is 44.5 Å². The van der Waals surface area contributed by atoms with E-state index in [0.29, 0.717) is 38.7 Å². The molecule has 0 saturated carbocycles. The van der Waals surface area contributed by atoms with Crippen molar-refractivity contribution in [1.82, 2.24) is 14.7 Å². The van der Waals surface area contributed by atoms with Crippen molar-refractivity contribution in [2.75, 3.05) is 33.4 Å². The van der Waals surface area contributed by atoms with Crippen molar-refractivity contribution in [3.63, 3.8) is 0 Å². The Kier molecular flexibility index (Phi) is 10.1. The summed E-state index contributed by atoms with van der Waals surface area (Å²) in [5, 5.41) is 15.5. The van der Waals surface area contributed by atoms with E-state index >= 15 is 0 Å². The maximum absolute atomic E-state index is 10.6. The molecule has 3 aromatic rings. The Balaban J connectivity index is 1.95.